The number of carbonyl (C=O) groups is 1. The van der Waals surface area contributed by atoms with E-state index >= 15 is 0 Å². The number of hydrogen-bond acceptors (Lipinski definition) is 3. The standard InChI is InChI=1S/C16H20ClFN2O2/c17-14-10-13(18)4-3-12(14)11-19-5-7-20(8-6-19)16(21)15-2-1-9-22-15/h3-4,10,15H,1-2,5-9,11H2/t15-/m1/s1. The number of carbonyl (C=O) groups excluding carboxylic acids is 1. The fourth-order valence-electron chi connectivity index (χ4n) is 2.99. The third kappa shape index (κ3) is 3.59. The first-order chi connectivity index (χ1) is 10.6. The van der Waals surface area contributed by atoms with Crippen molar-refractivity contribution in [3.63, 3.8) is 0 Å². The molecule has 0 saturated carbocycles. The Bertz CT molecular complexity index is 541. The van der Waals surface area contributed by atoms with E-state index in [0.717, 1.165) is 31.5 Å². The van der Waals surface area contributed by atoms with Crippen molar-refractivity contribution in [2.45, 2.75) is 25.5 Å². The zero-order chi connectivity index (χ0) is 15.5. The van der Waals surface area contributed by atoms with Crippen LogP contribution < -0.4 is 0 Å². The smallest absolute Gasteiger partial charge is 0.251 e. The molecule has 22 heavy (non-hydrogen) atoms. The van der Waals surface area contributed by atoms with Crippen molar-refractivity contribution in [1.29, 1.82) is 0 Å². The second-order valence-corrected chi connectivity index (χ2v) is 6.25. The molecule has 2 heterocycles. The first-order valence-electron chi connectivity index (χ1n) is 7.70. The lowest BCUT2D eigenvalue weighted by atomic mass is 10.1. The molecule has 1 aromatic carbocycles. The van der Waals surface area contributed by atoms with Gasteiger partial charge in [-0.2, -0.15) is 0 Å². The van der Waals surface area contributed by atoms with Crippen LogP contribution in [0.5, 0.6) is 0 Å². The van der Waals surface area contributed by atoms with Gasteiger partial charge in [0.05, 0.1) is 0 Å². The Balaban J connectivity index is 1.52. The summed E-state index contributed by atoms with van der Waals surface area (Å²) in [6, 6.07) is 4.49. The van der Waals surface area contributed by atoms with Crippen molar-refractivity contribution in [3.8, 4) is 0 Å². The molecule has 0 aliphatic carbocycles. The molecule has 3 rings (SSSR count). The van der Waals surface area contributed by atoms with Crippen molar-refractivity contribution in [2.24, 2.45) is 0 Å². The minimum absolute atomic E-state index is 0.122. The van der Waals surface area contributed by atoms with Gasteiger partial charge >= 0.3 is 0 Å². The summed E-state index contributed by atoms with van der Waals surface area (Å²) < 4.78 is 18.5. The molecule has 4 nitrogen and oxygen atoms in total. The number of rotatable bonds is 3. The molecular weight excluding hydrogens is 307 g/mol. The topological polar surface area (TPSA) is 32.8 Å². The second kappa shape index (κ2) is 6.94. The minimum atomic E-state index is -0.319. The predicted octanol–water partition coefficient (Wildman–Crippen LogP) is 2.30. The lowest BCUT2D eigenvalue weighted by Crippen LogP contribution is -2.51. The molecule has 2 aliphatic heterocycles. The van der Waals surface area contributed by atoms with Gasteiger partial charge < -0.3 is 9.64 Å². The molecular formula is C16H20ClFN2O2. The molecule has 0 radical (unpaired) electrons. The van der Waals surface area contributed by atoms with Crippen LogP contribution in [-0.4, -0.2) is 54.6 Å². The second-order valence-electron chi connectivity index (χ2n) is 5.84. The van der Waals surface area contributed by atoms with Crippen LogP contribution in [0.1, 0.15) is 18.4 Å². The maximum absolute atomic E-state index is 13.1. The molecule has 0 unspecified atom stereocenters. The van der Waals surface area contributed by atoms with E-state index in [9.17, 15) is 9.18 Å². The summed E-state index contributed by atoms with van der Waals surface area (Å²) in [4.78, 5) is 16.4. The van der Waals surface area contributed by atoms with Crippen LogP contribution in [0, 0.1) is 5.82 Å². The SMILES string of the molecule is O=C([C@H]1CCCO1)N1CCN(Cc2ccc(F)cc2Cl)CC1. The summed E-state index contributed by atoms with van der Waals surface area (Å²) in [6.45, 7) is 4.38. The molecule has 1 aromatic rings. The molecule has 1 amide bonds. The van der Waals surface area contributed by atoms with Crippen LogP contribution in [0.25, 0.3) is 0 Å². The number of piperazine rings is 1. The monoisotopic (exact) mass is 326 g/mol. The number of amides is 1. The molecule has 0 bridgehead atoms. The Morgan fingerprint density at radius 3 is 2.73 bits per heavy atom. The van der Waals surface area contributed by atoms with Gasteiger partial charge in [0.25, 0.3) is 5.91 Å². The summed E-state index contributed by atoms with van der Waals surface area (Å²) in [7, 11) is 0. The van der Waals surface area contributed by atoms with Crippen molar-refractivity contribution in [1.82, 2.24) is 9.80 Å². The molecule has 2 aliphatic rings. The average molecular weight is 327 g/mol. The highest BCUT2D eigenvalue weighted by molar-refractivity contribution is 6.31. The van der Waals surface area contributed by atoms with Gasteiger partial charge in [0, 0.05) is 44.4 Å². The van der Waals surface area contributed by atoms with Crippen LogP contribution in [0.3, 0.4) is 0 Å². The van der Waals surface area contributed by atoms with Gasteiger partial charge in [0.15, 0.2) is 0 Å². The van der Waals surface area contributed by atoms with Gasteiger partial charge in [0.1, 0.15) is 11.9 Å². The fraction of sp³-hybridized carbons (Fsp3) is 0.562. The predicted molar refractivity (Wildman–Crippen MR) is 82.2 cm³/mol. The Morgan fingerprint density at radius 2 is 2.09 bits per heavy atom. The molecule has 120 valence electrons. The van der Waals surface area contributed by atoms with E-state index in [1.54, 1.807) is 6.07 Å². The van der Waals surface area contributed by atoms with Gasteiger partial charge in [-0.05, 0) is 30.5 Å². The number of halogens is 2. The number of nitrogens with zero attached hydrogens (tertiary/aromatic N) is 2. The van der Waals surface area contributed by atoms with E-state index in [4.69, 9.17) is 16.3 Å². The first-order valence-corrected chi connectivity index (χ1v) is 8.08. The normalized spacial score (nSPS) is 23.0. The summed E-state index contributed by atoms with van der Waals surface area (Å²) >= 11 is 6.07. The fourth-order valence-corrected chi connectivity index (χ4v) is 3.22. The van der Waals surface area contributed by atoms with Crippen LogP contribution >= 0.6 is 11.6 Å². The van der Waals surface area contributed by atoms with Gasteiger partial charge in [0.2, 0.25) is 0 Å². The van der Waals surface area contributed by atoms with E-state index in [1.807, 2.05) is 4.90 Å². The van der Waals surface area contributed by atoms with E-state index in [0.29, 0.717) is 31.3 Å². The van der Waals surface area contributed by atoms with Crippen LogP contribution in [0.2, 0.25) is 5.02 Å². The highest BCUT2D eigenvalue weighted by atomic mass is 35.5. The van der Waals surface area contributed by atoms with E-state index in [2.05, 4.69) is 4.90 Å². The summed E-state index contributed by atoms with van der Waals surface area (Å²) in [5.74, 6) is -0.197. The Morgan fingerprint density at radius 1 is 1.32 bits per heavy atom. The average Bonchev–Trinajstić information content (AvgIpc) is 3.04. The first kappa shape index (κ1) is 15.7. The Labute approximate surface area is 134 Å². The van der Waals surface area contributed by atoms with Crippen molar-refractivity contribution >= 4 is 17.5 Å². The molecule has 0 aromatic heterocycles. The summed E-state index contributed by atoms with van der Waals surface area (Å²) in [6.07, 6.45) is 1.57. The molecule has 2 saturated heterocycles. The lowest BCUT2D eigenvalue weighted by Gasteiger charge is -2.35. The maximum atomic E-state index is 13.1. The molecule has 0 N–H and O–H groups in total. The molecule has 1 atom stereocenters. The molecule has 6 heteroatoms. The highest BCUT2D eigenvalue weighted by Gasteiger charge is 2.30. The molecule has 0 spiro atoms. The minimum Gasteiger partial charge on any atom is -0.368 e. The van der Waals surface area contributed by atoms with Gasteiger partial charge in [-0.3, -0.25) is 9.69 Å². The number of benzene rings is 1. The largest absolute Gasteiger partial charge is 0.368 e. The summed E-state index contributed by atoms with van der Waals surface area (Å²) in [5, 5.41) is 0.456. The van der Waals surface area contributed by atoms with E-state index < -0.39 is 0 Å². The van der Waals surface area contributed by atoms with Crippen LogP contribution in [-0.2, 0) is 16.1 Å². The third-order valence-electron chi connectivity index (χ3n) is 4.30. The van der Waals surface area contributed by atoms with Crippen molar-refractivity contribution in [3.05, 3.63) is 34.6 Å². The quantitative estimate of drug-likeness (QED) is 0.854. The van der Waals surface area contributed by atoms with Crippen LogP contribution in [0.15, 0.2) is 18.2 Å². The highest BCUT2D eigenvalue weighted by Crippen LogP contribution is 2.20. The zero-order valence-electron chi connectivity index (χ0n) is 12.4. The zero-order valence-corrected chi connectivity index (χ0v) is 13.2. The van der Waals surface area contributed by atoms with Crippen molar-refractivity contribution < 1.29 is 13.9 Å². The molecule has 2 fully saturated rings. The lowest BCUT2D eigenvalue weighted by molar-refractivity contribution is -0.142. The summed E-state index contributed by atoms with van der Waals surface area (Å²) in [5.41, 5.74) is 0.918. The van der Waals surface area contributed by atoms with Gasteiger partial charge in [-0.1, -0.05) is 17.7 Å². The van der Waals surface area contributed by atoms with Gasteiger partial charge in [-0.25, -0.2) is 4.39 Å². The maximum Gasteiger partial charge on any atom is 0.251 e. The Kier molecular flexibility index (Phi) is 4.96. The van der Waals surface area contributed by atoms with Crippen molar-refractivity contribution in [2.75, 3.05) is 32.8 Å². The Hall–Kier alpha value is -1.17. The third-order valence-corrected chi connectivity index (χ3v) is 4.65. The number of hydrogen-bond donors (Lipinski definition) is 0. The number of ether oxygens (including phenoxy) is 1. The van der Waals surface area contributed by atoms with Crippen LogP contribution in [0.4, 0.5) is 4.39 Å². The van der Waals surface area contributed by atoms with E-state index in [-0.39, 0.29) is 17.8 Å². The van der Waals surface area contributed by atoms with Gasteiger partial charge in [-0.15, -0.1) is 0 Å². The van der Waals surface area contributed by atoms with E-state index in [1.165, 1.54) is 12.1 Å².